The number of alkyl halides is 3. The van der Waals surface area contributed by atoms with Crippen LogP contribution in [0, 0.1) is 0 Å². The molecule has 0 atom stereocenters. The van der Waals surface area contributed by atoms with Gasteiger partial charge in [0.2, 0.25) is 0 Å². The van der Waals surface area contributed by atoms with Gasteiger partial charge in [0.1, 0.15) is 0 Å². The van der Waals surface area contributed by atoms with Crippen LogP contribution in [0.1, 0.15) is 16.1 Å². The van der Waals surface area contributed by atoms with Crippen molar-refractivity contribution in [1.29, 1.82) is 0 Å². The Labute approximate surface area is 116 Å². The van der Waals surface area contributed by atoms with Gasteiger partial charge in [-0.1, -0.05) is 11.6 Å². The fourth-order valence-electron chi connectivity index (χ4n) is 1.41. The van der Waals surface area contributed by atoms with Gasteiger partial charge in [-0.2, -0.15) is 13.2 Å². The van der Waals surface area contributed by atoms with Crippen LogP contribution in [0.5, 0.6) is 0 Å². The maximum absolute atomic E-state index is 12.4. The second-order valence-corrected chi connectivity index (χ2v) is 4.08. The Hall–Kier alpha value is -2.15. The van der Waals surface area contributed by atoms with Gasteiger partial charge < -0.3 is 5.32 Å². The molecule has 1 amide bonds. The lowest BCUT2D eigenvalue weighted by Crippen LogP contribution is -2.15. The number of anilines is 1. The molecule has 0 aliphatic heterocycles. The van der Waals surface area contributed by atoms with Gasteiger partial charge in [0, 0.05) is 18.1 Å². The molecule has 0 bridgehead atoms. The highest BCUT2D eigenvalue weighted by molar-refractivity contribution is 6.32. The molecule has 1 heterocycles. The molecule has 1 N–H and O–H groups in total. The third-order valence-corrected chi connectivity index (χ3v) is 2.62. The highest BCUT2D eigenvalue weighted by Crippen LogP contribution is 2.29. The molecule has 20 heavy (non-hydrogen) atoms. The third kappa shape index (κ3) is 3.24. The van der Waals surface area contributed by atoms with E-state index in [2.05, 4.69) is 15.3 Å². The summed E-state index contributed by atoms with van der Waals surface area (Å²) in [5.41, 5.74) is -0.702. The lowest BCUT2D eigenvalue weighted by atomic mass is 10.2. The molecular weight excluding hydrogens is 295 g/mol. The Morgan fingerprint density at radius 3 is 2.25 bits per heavy atom. The summed E-state index contributed by atoms with van der Waals surface area (Å²) in [5, 5.41) is 2.30. The minimum absolute atomic E-state index is 0.0862. The Morgan fingerprint density at radius 1 is 1.10 bits per heavy atom. The number of hydrogen-bond donors (Lipinski definition) is 1. The summed E-state index contributed by atoms with van der Waals surface area (Å²) >= 11 is 5.69. The summed E-state index contributed by atoms with van der Waals surface area (Å²) in [6.07, 6.45) is -1.82. The Bertz CT molecular complexity index is 629. The first-order valence-corrected chi connectivity index (χ1v) is 5.71. The predicted octanol–water partition coefficient (Wildman–Crippen LogP) is 3.40. The molecule has 8 heteroatoms. The van der Waals surface area contributed by atoms with Gasteiger partial charge in [-0.3, -0.25) is 4.79 Å². The zero-order chi connectivity index (χ0) is 14.8. The normalized spacial score (nSPS) is 11.2. The standard InChI is InChI=1S/C12H7ClF3N3O/c13-10-9(17-5-6-18-10)11(20)19-8-3-1-7(2-4-8)12(14,15)16/h1-6H,(H,19,20). The van der Waals surface area contributed by atoms with Crippen molar-refractivity contribution >= 4 is 23.2 Å². The number of carbonyl (C=O) groups is 1. The summed E-state index contributed by atoms with van der Waals surface area (Å²) in [7, 11) is 0. The predicted molar refractivity (Wildman–Crippen MR) is 66.4 cm³/mol. The number of hydrogen-bond acceptors (Lipinski definition) is 3. The molecule has 0 saturated carbocycles. The molecule has 2 rings (SSSR count). The van der Waals surface area contributed by atoms with Gasteiger partial charge >= 0.3 is 6.18 Å². The van der Waals surface area contributed by atoms with Gasteiger partial charge in [0.15, 0.2) is 10.8 Å². The summed E-state index contributed by atoms with van der Waals surface area (Å²) in [6, 6.07) is 4.03. The summed E-state index contributed by atoms with van der Waals surface area (Å²) in [4.78, 5) is 19.2. The number of halogens is 4. The molecule has 0 fully saturated rings. The zero-order valence-electron chi connectivity index (χ0n) is 9.78. The highest BCUT2D eigenvalue weighted by atomic mass is 35.5. The molecule has 1 aromatic heterocycles. The third-order valence-electron chi connectivity index (χ3n) is 2.34. The van der Waals surface area contributed by atoms with E-state index in [4.69, 9.17) is 11.6 Å². The van der Waals surface area contributed by atoms with Gasteiger partial charge in [0.25, 0.3) is 5.91 Å². The van der Waals surface area contributed by atoms with E-state index in [0.29, 0.717) is 0 Å². The lowest BCUT2D eigenvalue weighted by Gasteiger charge is -2.08. The first kappa shape index (κ1) is 14.3. The van der Waals surface area contributed by atoms with Crippen molar-refractivity contribution in [1.82, 2.24) is 9.97 Å². The van der Waals surface area contributed by atoms with Crippen LogP contribution in [-0.2, 0) is 6.18 Å². The largest absolute Gasteiger partial charge is 0.416 e. The zero-order valence-corrected chi connectivity index (χ0v) is 10.5. The van der Waals surface area contributed by atoms with E-state index in [1.807, 2.05) is 0 Å². The fourth-order valence-corrected chi connectivity index (χ4v) is 1.60. The smallest absolute Gasteiger partial charge is 0.321 e. The quantitative estimate of drug-likeness (QED) is 0.925. The monoisotopic (exact) mass is 301 g/mol. The minimum atomic E-state index is -4.42. The molecule has 1 aromatic carbocycles. The van der Waals surface area contributed by atoms with Crippen molar-refractivity contribution in [2.45, 2.75) is 6.18 Å². The van der Waals surface area contributed by atoms with E-state index < -0.39 is 17.6 Å². The Morgan fingerprint density at radius 2 is 1.70 bits per heavy atom. The average molecular weight is 302 g/mol. The molecule has 0 radical (unpaired) electrons. The molecule has 0 unspecified atom stereocenters. The molecular formula is C12H7ClF3N3O. The summed E-state index contributed by atoms with van der Waals surface area (Å²) < 4.78 is 37.1. The SMILES string of the molecule is O=C(Nc1ccc(C(F)(F)F)cc1)c1nccnc1Cl. The number of nitrogens with zero attached hydrogens (tertiary/aromatic N) is 2. The number of benzene rings is 1. The molecule has 0 aliphatic rings. The van der Waals surface area contributed by atoms with Gasteiger partial charge in [-0.25, -0.2) is 9.97 Å². The van der Waals surface area contributed by atoms with E-state index in [0.717, 1.165) is 24.3 Å². The first-order valence-electron chi connectivity index (χ1n) is 5.33. The Balaban J connectivity index is 2.15. The molecule has 4 nitrogen and oxygen atoms in total. The lowest BCUT2D eigenvalue weighted by molar-refractivity contribution is -0.137. The van der Waals surface area contributed by atoms with Gasteiger partial charge in [-0.05, 0) is 24.3 Å². The molecule has 0 aliphatic carbocycles. The van der Waals surface area contributed by atoms with Crippen LogP contribution in [0.25, 0.3) is 0 Å². The van der Waals surface area contributed by atoms with Crippen molar-refractivity contribution in [3.05, 3.63) is 53.1 Å². The topological polar surface area (TPSA) is 54.9 Å². The van der Waals surface area contributed by atoms with Gasteiger partial charge in [-0.15, -0.1) is 0 Å². The number of rotatable bonds is 2. The van der Waals surface area contributed by atoms with Crippen LogP contribution < -0.4 is 5.32 Å². The minimum Gasteiger partial charge on any atom is -0.321 e. The Kier molecular flexibility index (Phi) is 3.89. The average Bonchev–Trinajstić information content (AvgIpc) is 2.38. The van der Waals surface area contributed by atoms with Crippen LogP contribution in [-0.4, -0.2) is 15.9 Å². The van der Waals surface area contributed by atoms with E-state index in [1.54, 1.807) is 0 Å². The number of nitrogens with one attached hydrogen (secondary N) is 1. The van der Waals surface area contributed by atoms with Crippen molar-refractivity contribution in [3.8, 4) is 0 Å². The van der Waals surface area contributed by atoms with Gasteiger partial charge in [0.05, 0.1) is 5.56 Å². The summed E-state index contributed by atoms with van der Waals surface area (Å²) in [5.74, 6) is -0.650. The van der Waals surface area contributed by atoms with Crippen LogP contribution in [0.3, 0.4) is 0 Å². The van der Waals surface area contributed by atoms with Crippen LogP contribution in [0.4, 0.5) is 18.9 Å². The number of aromatic nitrogens is 2. The van der Waals surface area contributed by atoms with Crippen molar-refractivity contribution in [3.63, 3.8) is 0 Å². The van der Waals surface area contributed by atoms with Crippen LogP contribution in [0.2, 0.25) is 5.15 Å². The molecule has 104 valence electrons. The fraction of sp³-hybridized carbons (Fsp3) is 0.0833. The molecule has 0 saturated heterocycles. The number of amides is 1. The van der Waals surface area contributed by atoms with Crippen molar-refractivity contribution < 1.29 is 18.0 Å². The van der Waals surface area contributed by atoms with Crippen LogP contribution >= 0.6 is 11.6 Å². The summed E-state index contributed by atoms with van der Waals surface area (Å²) in [6.45, 7) is 0. The van der Waals surface area contributed by atoms with E-state index in [-0.39, 0.29) is 16.5 Å². The van der Waals surface area contributed by atoms with E-state index >= 15 is 0 Å². The maximum Gasteiger partial charge on any atom is 0.416 e. The second kappa shape index (κ2) is 5.46. The maximum atomic E-state index is 12.4. The first-order chi connectivity index (χ1) is 9.38. The van der Waals surface area contributed by atoms with Crippen LogP contribution in [0.15, 0.2) is 36.7 Å². The highest BCUT2D eigenvalue weighted by Gasteiger charge is 2.30. The van der Waals surface area contributed by atoms with Crippen molar-refractivity contribution in [2.24, 2.45) is 0 Å². The molecule has 0 spiro atoms. The second-order valence-electron chi connectivity index (χ2n) is 3.72. The van der Waals surface area contributed by atoms with Crippen molar-refractivity contribution in [2.75, 3.05) is 5.32 Å². The molecule has 2 aromatic rings. The van der Waals surface area contributed by atoms with E-state index in [1.165, 1.54) is 12.4 Å². The van der Waals surface area contributed by atoms with E-state index in [9.17, 15) is 18.0 Å². The number of carbonyl (C=O) groups excluding carboxylic acids is 1.